The van der Waals surface area contributed by atoms with Crippen molar-refractivity contribution in [3.63, 3.8) is 0 Å². The van der Waals surface area contributed by atoms with E-state index >= 15 is 0 Å². The van der Waals surface area contributed by atoms with Crippen LogP contribution in [0, 0.1) is 5.41 Å². The average molecular weight is 399 g/mol. The Hall–Kier alpha value is -2.15. The van der Waals surface area contributed by atoms with Gasteiger partial charge in [-0.3, -0.25) is 9.69 Å². The Balaban J connectivity index is 1.32. The van der Waals surface area contributed by atoms with Crippen LogP contribution in [0.3, 0.4) is 0 Å². The Morgan fingerprint density at radius 1 is 1.10 bits per heavy atom. The minimum atomic E-state index is 0.148. The third kappa shape index (κ3) is 5.07. The van der Waals surface area contributed by atoms with Crippen molar-refractivity contribution in [3.8, 4) is 0 Å². The molecule has 2 heterocycles. The van der Waals surface area contributed by atoms with Gasteiger partial charge in [-0.15, -0.1) is 0 Å². The highest BCUT2D eigenvalue weighted by atomic mass is 16.2. The first-order chi connectivity index (χ1) is 14.1. The van der Waals surface area contributed by atoms with E-state index in [0.717, 1.165) is 45.1 Å². The van der Waals surface area contributed by atoms with Gasteiger partial charge in [-0.1, -0.05) is 19.3 Å². The molecule has 0 spiro atoms. The largest absolute Gasteiger partial charge is 0.398 e. The van der Waals surface area contributed by atoms with Crippen LogP contribution in [-0.4, -0.2) is 64.7 Å². The van der Waals surface area contributed by atoms with E-state index < -0.39 is 0 Å². The van der Waals surface area contributed by atoms with Crippen molar-refractivity contribution in [2.24, 2.45) is 0 Å². The fourth-order valence-corrected chi connectivity index (χ4v) is 4.63. The number of nitrogen functional groups attached to an aromatic ring is 1. The monoisotopic (exact) mass is 398 g/mol. The van der Waals surface area contributed by atoms with E-state index in [2.05, 4.69) is 15.2 Å². The molecule has 1 amide bonds. The lowest BCUT2D eigenvalue weighted by molar-refractivity contribution is -0.132. The van der Waals surface area contributed by atoms with Gasteiger partial charge in [0.05, 0.1) is 5.56 Å². The zero-order valence-electron chi connectivity index (χ0n) is 17.3. The van der Waals surface area contributed by atoms with Crippen molar-refractivity contribution >= 4 is 23.1 Å². The van der Waals surface area contributed by atoms with E-state index in [1.807, 2.05) is 4.90 Å². The number of pyridine rings is 1. The van der Waals surface area contributed by atoms with Crippen LogP contribution in [0.15, 0.2) is 12.3 Å². The predicted molar refractivity (Wildman–Crippen MR) is 116 cm³/mol. The summed E-state index contributed by atoms with van der Waals surface area (Å²) in [5, 5.41) is 12.1. The summed E-state index contributed by atoms with van der Waals surface area (Å²) in [6, 6.07) is 2.91. The average Bonchev–Trinajstić information content (AvgIpc) is 3.58. The molecule has 1 aromatic heterocycles. The van der Waals surface area contributed by atoms with Crippen LogP contribution >= 0.6 is 0 Å². The molecule has 1 aromatic rings. The van der Waals surface area contributed by atoms with Crippen LogP contribution in [0.5, 0.6) is 0 Å². The SMILES string of the molecule is N=C(CCC(=O)N1CCN(C2CC2)CC1)c1c(N)ccnc1NC1CCCCC1. The van der Waals surface area contributed by atoms with Crippen molar-refractivity contribution in [2.75, 3.05) is 37.2 Å². The number of carbonyl (C=O) groups excluding carboxylic acids is 1. The minimum absolute atomic E-state index is 0.148. The number of nitrogens with one attached hydrogen (secondary N) is 2. The van der Waals surface area contributed by atoms with Crippen LogP contribution in [0.4, 0.5) is 11.5 Å². The number of amides is 1. The molecule has 0 aromatic carbocycles. The van der Waals surface area contributed by atoms with E-state index in [1.165, 1.54) is 32.1 Å². The molecule has 3 aliphatic rings. The Kier molecular flexibility index (Phi) is 6.33. The van der Waals surface area contributed by atoms with Crippen LogP contribution in [0.25, 0.3) is 0 Å². The van der Waals surface area contributed by atoms with E-state index in [1.54, 1.807) is 12.3 Å². The first-order valence-electron chi connectivity index (χ1n) is 11.2. The van der Waals surface area contributed by atoms with Crippen LogP contribution < -0.4 is 11.1 Å². The molecule has 0 radical (unpaired) electrons. The summed E-state index contributed by atoms with van der Waals surface area (Å²) in [5.41, 5.74) is 7.84. The topological polar surface area (TPSA) is 98.3 Å². The van der Waals surface area contributed by atoms with E-state index in [4.69, 9.17) is 11.1 Å². The molecular weight excluding hydrogens is 364 g/mol. The minimum Gasteiger partial charge on any atom is -0.398 e. The number of aromatic nitrogens is 1. The normalized spacial score (nSPS) is 21.2. The second-order valence-electron chi connectivity index (χ2n) is 8.73. The second-order valence-corrected chi connectivity index (χ2v) is 8.73. The Morgan fingerprint density at radius 2 is 1.83 bits per heavy atom. The van der Waals surface area contributed by atoms with Crippen LogP contribution in [0.1, 0.15) is 63.4 Å². The lowest BCUT2D eigenvalue weighted by Crippen LogP contribution is -2.49. The highest BCUT2D eigenvalue weighted by Gasteiger charge is 2.32. The van der Waals surface area contributed by atoms with Gasteiger partial charge in [0.2, 0.25) is 5.91 Å². The highest BCUT2D eigenvalue weighted by molar-refractivity contribution is 6.07. The van der Waals surface area contributed by atoms with Crippen molar-refractivity contribution in [1.82, 2.24) is 14.8 Å². The van der Waals surface area contributed by atoms with Gasteiger partial charge in [0, 0.05) is 62.3 Å². The fourth-order valence-electron chi connectivity index (χ4n) is 4.63. The number of hydrogen-bond donors (Lipinski definition) is 3. The molecule has 2 saturated carbocycles. The summed E-state index contributed by atoms with van der Waals surface area (Å²) in [6.45, 7) is 3.59. The molecule has 0 unspecified atom stereocenters. The molecular formula is C22H34N6O. The Morgan fingerprint density at radius 3 is 2.52 bits per heavy atom. The summed E-state index contributed by atoms with van der Waals surface area (Å²) in [5.74, 6) is 0.849. The summed E-state index contributed by atoms with van der Waals surface area (Å²) in [6.07, 6.45) is 11.1. The van der Waals surface area contributed by atoms with E-state index in [-0.39, 0.29) is 5.91 Å². The predicted octanol–water partition coefficient (Wildman–Crippen LogP) is 2.86. The summed E-state index contributed by atoms with van der Waals surface area (Å²) in [7, 11) is 0. The molecule has 3 fully saturated rings. The van der Waals surface area contributed by atoms with Crippen molar-refractivity contribution < 1.29 is 4.79 Å². The summed E-state index contributed by atoms with van der Waals surface area (Å²) >= 11 is 0. The quantitative estimate of drug-likeness (QED) is 0.614. The molecule has 158 valence electrons. The molecule has 29 heavy (non-hydrogen) atoms. The lowest BCUT2D eigenvalue weighted by atomic mass is 9.95. The summed E-state index contributed by atoms with van der Waals surface area (Å²) in [4.78, 5) is 21.6. The molecule has 1 aliphatic heterocycles. The lowest BCUT2D eigenvalue weighted by Gasteiger charge is -2.35. The summed E-state index contributed by atoms with van der Waals surface area (Å²) < 4.78 is 0. The molecule has 7 nitrogen and oxygen atoms in total. The molecule has 2 aliphatic carbocycles. The number of nitrogens with two attached hydrogens (primary N) is 1. The number of hydrogen-bond acceptors (Lipinski definition) is 6. The standard InChI is InChI=1S/C22H34N6O/c23-18(8-9-20(29)28-14-12-27(13-15-28)17-6-7-17)21-19(24)10-11-25-22(21)26-16-4-2-1-3-5-16/h10-11,16-17,23H,1-9,12-15H2,(H3,24,25,26). The molecule has 0 bridgehead atoms. The molecule has 4 N–H and O–H groups in total. The fraction of sp³-hybridized carbons (Fsp3) is 0.682. The van der Waals surface area contributed by atoms with Gasteiger partial charge in [0.25, 0.3) is 0 Å². The van der Waals surface area contributed by atoms with Gasteiger partial charge in [-0.05, 0) is 38.2 Å². The molecule has 0 atom stereocenters. The number of piperazine rings is 1. The van der Waals surface area contributed by atoms with Gasteiger partial charge in [0.1, 0.15) is 5.82 Å². The number of carbonyl (C=O) groups is 1. The zero-order valence-corrected chi connectivity index (χ0v) is 17.3. The highest BCUT2D eigenvalue weighted by Crippen LogP contribution is 2.28. The van der Waals surface area contributed by atoms with Crippen molar-refractivity contribution in [2.45, 2.75) is 69.9 Å². The third-order valence-electron chi connectivity index (χ3n) is 6.55. The Bertz CT molecular complexity index is 733. The zero-order chi connectivity index (χ0) is 20.2. The molecule has 1 saturated heterocycles. The van der Waals surface area contributed by atoms with Gasteiger partial charge >= 0.3 is 0 Å². The maximum absolute atomic E-state index is 12.7. The van der Waals surface area contributed by atoms with Gasteiger partial charge in [-0.2, -0.15) is 0 Å². The number of anilines is 2. The maximum Gasteiger partial charge on any atom is 0.223 e. The smallest absolute Gasteiger partial charge is 0.223 e. The van der Waals surface area contributed by atoms with Crippen molar-refractivity contribution in [3.05, 3.63) is 17.8 Å². The van der Waals surface area contributed by atoms with Crippen LogP contribution in [-0.2, 0) is 4.79 Å². The van der Waals surface area contributed by atoms with E-state index in [0.29, 0.717) is 41.7 Å². The second kappa shape index (κ2) is 9.11. The number of nitrogens with zero attached hydrogens (tertiary/aromatic N) is 3. The Labute approximate surface area is 173 Å². The van der Waals surface area contributed by atoms with E-state index in [9.17, 15) is 4.79 Å². The molecule has 4 rings (SSSR count). The van der Waals surface area contributed by atoms with Crippen LogP contribution in [0.2, 0.25) is 0 Å². The van der Waals surface area contributed by atoms with Crippen molar-refractivity contribution in [1.29, 1.82) is 5.41 Å². The first kappa shape index (κ1) is 20.1. The van der Waals surface area contributed by atoms with Gasteiger partial charge < -0.3 is 21.4 Å². The molecule has 7 heteroatoms. The number of rotatable bonds is 7. The maximum atomic E-state index is 12.7. The first-order valence-corrected chi connectivity index (χ1v) is 11.2. The van der Waals surface area contributed by atoms with Gasteiger partial charge in [-0.25, -0.2) is 4.98 Å². The third-order valence-corrected chi connectivity index (χ3v) is 6.55. The van der Waals surface area contributed by atoms with Gasteiger partial charge in [0.15, 0.2) is 0 Å².